The monoisotopic (exact) mass is 332 g/mol. The highest BCUT2D eigenvalue weighted by Gasteiger charge is 2.53. The highest BCUT2D eigenvalue weighted by atomic mass is 19.4. The Morgan fingerprint density at radius 3 is 1.91 bits per heavy atom. The van der Waals surface area contributed by atoms with Crippen molar-refractivity contribution in [2.45, 2.75) is 59.2 Å². The Bertz CT molecular complexity index is 488. The summed E-state index contributed by atoms with van der Waals surface area (Å²) in [7, 11) is 0. The van der Waals surface area contributed by atoms with E-state index in [0.717, 1.165) is 12.5 Å². The topological polar surface area (TPSA) is 18.5 Å². The number of rotatable bonds is 6. The average Bonchev–Trinajstić information content (AvgIpc) is 2.44. The van der Waals surface area contributed by atoms with Crippen molar-refractivity contribution >= 4 is 0 Å². The van der Waals surface area contributed by atoms with Crippen LogP contribution in [0.25, 0.3) is 0 Å². The molecule has 2 atom stereocenters. The molecule has 0 N–H and O–H groups in total. The lowest BCUT2D eigenvalue weighted by Gasteiger charge is -2.33. The van der Waals surface area contributed by atoms with Gasteiger partial charge in [-0.1, -0.05) is 52.0 Å². The Balaban J connectivity index is 3.09. The molecule has 1 aromatic carbocycles. The summed E-state index contributed by atoms with van der Waals surface area (Å²) in [4.78, 5) is 0. The van der Waals surface area contributed by atoms with Crippen LogP contribution in [-0.2, 0) is 15.1 Å². The first kappa shape index (κ1) is 20.0. The lowest BCUT2D eigenvalue weighted by atomic mass is 9.77. The molecular formula is C18H27F3O2. The second kappa shape index (κ2) is 7.22. The smallest absolute Gasteiger partial charge is 0.356 e. The second-order valence-corrected chi connectivity index (χ2v) is 7.00. The van der Waals surface area contributed by atoms with Crippen LogP contribution in [0.15, 0.2) is 24.3 Å². The van der Waals surface area contributed by atoms with E-state index in [1.54, 1.807) is 19.1 Å². The van der Waals surface area contributed by atoms with Crippen molar-refractivity contribution in [1.29, 1.82) is 0 Å². The predicted molar refractivity (Wildman–Crippen MR) is 85.3 cm³/mol. The van der Waals surface area contributed by atoms with Crippen LogP contribution in [-0.4, -0.2) is 19.6 Å². The van der Waals surface area contributed by atoms with E-state index in [1.807, 2.05) is 0 Å². The van der Waals surface area contributed by atoms with Gasteiger partial charge in [0.2, 0.25) is 0 Å². The summed E-state index contributed by atoms with van der Waals surface area (Å²) in [5.41, 5.74) is -1.25. The number of hydrogen-bond acceptors (Lipinski definition) is 2. The summed E-state index contributed by atoms with van der Waals surface area (Å²) in [5, 5.41) is 0. The number of ether oxygens (including phenoxy) is 2. The molecule has 2 unspecified atom stereocenters. The van der Waals surface area contributed by atoms with Crippen molar-refractivity contribution in [2.24, 2.45) is 5.41 Å². The van der Waals surface area contributed by atoms with Crippen LogP contribution < -0.4 is 0 Å². The zero-order chi connectivity index (χ0) is 17.9. The van der Waals surface area contributed by atoms with Gasteiger partial charge in [0.1, 0.15) is 6.79 Å². The van der Waals surface area contributed by atoms with E-state index in [0.29, 0.717) is 6.61 Å². The fourth-order valence-electron chi connectivity index (χ4n) is 2.16. The molecule has 0 radical (unpaired) electrons. The molecule has 0 fully saturated rings. The Kier molecular flexibility index (Phi) is 6.27. The van der Waals surface area contributed by atoms with Gasteiger partial charge in [-0.25, -0.2) is 0 Å². The van der Waals surface area contributed by atoms with Gasteiger partial charge in [0.05, 0.1) is 0 Å². The molecule has 1 aromatic rings. The fraction of sp³-hybridized carbons (Fsp3) is 0.667. The number of halogens is 3. The molecule has 0 saturated heterocycles. The standard InChI is InChI=1S/C18H27F3O2/c1-7-22-12-23-17(6,18(19,20)21)15-10-8-14(9-11-15)13(2)16(3,4)5/h8-11,13H,7,12H2,1-6H3. The van der Waals surface area contributed by atoms with Gasteiger partial charge in [-0.3, -0.25) is 0 Å². The molecular weight excluding hydrogens is 305 g/mol. The first-order valence-corrected chi connectivity index (χ1v) is 7.82. The van der Waals surface area contributed by atoms with Gasteiger partial charge in [-0.2, -0.15) is 13.2 Å². The van der Waals surface area contributed by atoms with E-state index >= 15 is 0 Å². The van der Waals surface area contributed by atoms with Crippen LogP contribution in [0, 0.1) is 5.41 Å². The summed E-state index contributed by atoms with van der Waals surface area (Å²) < 4.78 is 50.4. The minimum Gasteiger partial charge on any atom is -0.356 e. The van der Waals surface area contributed by atoms with E-state index in [2.05, 4.69) is 27.7 Å². The molecule has 0 aliphatic heterocycles. The van der Waals surface area contributed by atoms with Gasteiger partial charge < -0.3 is 9.47 Å². The lowest BCUT2D eigenvalue weighted by molar-refractivity contribution is -0.298. The van der Waals surface area contributed by atoms with Crippen molar-refractivity contribution < 1.29 is 22.6 Å². The van der Waals surface area contributed by atoms with Gasteiger partial charge in [0.15, 0.2) is 5.60 Å². The minimum absolute atomic E-state index is 0.0420. The van der Waals surface area contributed by atoms with Crippen LogP contribution in [0.5, 0.6) is 0 Å². The van der Waals surface area contributed by atoms with Gasteiger partial charge in [0, 0.05) is 6.61 Å². The summed E-state index contributed by atoms with van der Waals surface area (Å²) in [5.74, 6) is 0.234. The van der Waals surface area contributed by atoms with Crippen LogP contribution in [0.2, 0.25) is 0 Å². The van der Waals surface area contributed by atoms with Crippen molar-refractivity contribution in [2.75, 3.05) is 13.4 Å². The van der Waals surface area contributed by atoms with E-state index in [-0.39, 0.29) is 16.9 Å². The third-order valence-corrected chi connectivity index (χ3v) is 4.44. The number of alkyl halides is 3. The molecule has 0 spiro atoms. The molecule has 0 heterocycles. The normalized spacial score (nSPS) is 16.9. The Labute approximate surface area is 137 Å². The molecule has 0 saturated carbocycles. The maximum absolute atomic E-state index is 13.5. The van der Waals surface area contributed by atoms with Crippen LogP contribution in [0.3, 0.4) is 0 Å². The van der Waals surface area contributed by atoms with Crippen molar-refractivity contribution in [3.8, 4) is 0 Å². The number of benzene rings is 1. The highest BCUT2D eigenvalue weighted by Crippen LogP contribution is 2.43. The van der Waals surface area contributed by atoms with Gasteiger partial charge in [-0.05, 0) is 36.3 Å². The van der Waals surface area contributed by atoms with Gasteiger partial charge in [0.25, 0.3) is 0 Å². The largest absolute Gasteiger partial charge is 0.421 e. The second-order valence-electron chi connectivity index (χ2n) is 7.00. The molecule has 0 aliphatic carbocycles. The predicted octanol–water partition coefficient (Wildman–Crippen LogP) is 5.62. The molecule has 0 amide bonds. The molecule has 0 bridgehead atoms. The summed E-state index contributed by atoms with van der Waals surface area (Å²) in [6, 6.07) is 6.49. The molecule has 1 rings (SSSR count). The van der Waals surface area contributed by atoms with E-state index in [4.69, 9.17) is 9.47 Å². The third kappa shape index (κ3) is 4.70. The molecule has 5 heteroatoms. The molecule has 132 valence electrons. The zero-order valence-corrected chi connectivity index (χ0v) is 14.8. The average molecular weight is 332 g/mol. The lowest BCUT2D eigenvalue weighted by Crippen LogP contribution is -2.42. The summed E-state index contributed by atoms with van der Waals surface area (Å²) >= 11 is 0. The summed E-state index contributed by atoms with van der Waals surface area (Å²) in [6.45, 7) is 11.0. The Morgan fingerprint density at radius 2 is 1.52 bits per heavy atom. The maximum Gasteiger partial charge on any atom is 0.421 e. The molecule has 23 heavy (non-hydrogen) atoms. The van der Waals surface area contributed by atoms with Crippen LogP contribution >= 0.6 is 0 Å². The molecule has 0 aliphatic rings. The van der Waals surface area contributed by atoms with E-state index in [1.165, 1.54) is 12.1 Å². The molecule has 2 nitrogen and oxygen atoms in total. The van der Waals surface area contributed by atoms with E-state index in [9.17, 15) is 13.2 Å². The van der Waals surface area contributed by atoms with Crippen molar-refractivity contribution in [3.63, 3.8) is 0 Å². The van der Waals surface area contributed by atoms with Gasteiger partial charge in [-0.15, -0.1) is 0 Å². The highest BCUT2D eigenvalue weighted by molar-refractivity contribution is 5.30. The quantitative estimate of drug-likeness (QED) is 0.497. The minimum atomic E-state index is -4.53. The Hall–Kier alpha value is -1.07. The SMILES string of the molecule is CCOCOC(C)(c1ccc(C(C)C(C)(C)C)cc1)C(F)(F)F. The third-order valence-electron chi connectivity index (χ3n) is 4.44. The van der Waals surface area contributed by atoms with Crippen molar-refractivity contribution in [1.82, 2.24) is 0 Å². The summed E-state index contributed by atoms with van der Waals surface area (Å²) in [6.07, 6.45) is -4.53. The Morgan fingerprint density at radius 1 is 1.00 bits per heavy atom. The maximum atomic E-state index is 13.5. The first-order chi connectivity index (χ1) is 10.4. The molecule has 0 aromatic heterocycles. The first-order valence-electron chi connectivity index (χ1n) is 7.82. The van der Waals surface area contributed by atoms with Crippen LogP contribution in [0.4, 0.5) is 13.2 Å². The zero-order valence-electron chi connectivity index (χ0n) is 14.8. The fourth-order valence-corrected chi connectivity index (χ4v) is 2.16. The van der Waals surface area contributed by atoms with Gasteiger partial charge >= 0.3 is 6.18 Å². The number of hydrogen-bond donors (Lipinski definition) is 0. The van der Waals surface area contributed by atoms with E-state index < -0.39 is 18.6 Å². The van der Waals surface area contributed by atoms with Crippen LogP contribution in [0.1, 0.15) is 58.6 Å². The van der Waals surface area contributed by atoms with Crippen molar-refractivity contribution in [3.05, 3.63) is 35.4 Å².